The van der Waals surface area contributed by atoms with E-state index in [0.29, 0.717) is 13.1 Å². The molecule has 0 fully saturated rings. The van der Waals surface area contributed by atoms with Gasteiger partial charge in [0.2, 0.25) is 0 Å². The highest BCUT2D eigenvalue weighted by Gasteiger charge is 2.02. The van der Waals surface area contributed by atoms with E-state index >= 15 is 0 Å². The predicted octanol–water partition coefficient (Wildman–Crippen LogP) is 1.58. The summed E-state index contributed by atoms with van der Waals surface area (Å²) in [6.45, 7) is 1.04. The van der Waals surface area contributed by atoms with Crippen molar-refractivity contribution in [1.82, 2.24) is 20.6 Å². The summed E-state index contributed by atoms with van der Waals surface area (Å²) in [5.41, 5.74) is 2.07. The van der Waals surface area contributed by atoms with E-state index in [-0.39, 0.29) is 6.03 Å². The molecule has 0 atom stereocenters. The van der Waals surface area contributed by atoms with Gasteiger partial charge in [-0.05, 0) is 29.7 Å². The first kappa shape index (κ1) is 15.8. The van der Waals surface area contributed by atoms with Gasteiger partial charge < -0.3 is 15.5 Å². The van der Waals surface area contributed by atoms with Gasteiger partial charge in [-0.3, -0.25) is 4.98 Å². The molecule has 2 amide bonds. The van der Waals surface area contributed by atoms with Gasteiger partial charge in [-0.1, -0.05) is 12.1 Å². The van der Waals surface area contributed by atoms with E-state index in [1.807, 2.05) is 43.3 Å². The Bertz CT molecular complexity index is 583. The minimum atomic E-state index is -0.180. The van der Waals surface area contributed by atoms with Gasteiger partial charge >= 0.3 is 6.03 Å². The van der Waals surface area contributed by atoms with Gasteiger partial charge in [0.05, 0.1) is 0 Å². The third kappa shape index (κ3) is 5.05. The van der Waals surface area contributed by atoms with Gasteiger partial charge in [-0.25, -0.2) is 9.78 Å². The van der Waals surface area contributed by atoms with Gasteiger partial charge in [-0.2, -0.15) is 0 Å². The lowest BCUT2D eigenvalue weighted by atomic mass is 10.2. The number of anilines is 1. The van der Waals surface area contributed by atoms with E-state index in [1.165, 1.54) is 0 Å². The summed E-state index contributed by atoms with van der Waals surface area (Å²) in [6, 6.07) is 7.58. The first-order valence-corrected chi connectivity index (χ1v) is 7.18. The Morgan fingerprint density at radius 3 is 2.64 bits per heavy atom. The first-order valence-electron chi connectivity index (χ1n) is 7.18. The lowest BCUT2D eigenvalue weighted by Gasteiger charge is -2.11. The van der Waals surface area contributed by atoms with Crippen LogP contribution in [0.3, 0.4) is 0 Å². The van der Waals surface area contributed by atoms with Crippen molar-refractivity contribution in [2.24, 2.45) is 0 Å². The molecule has 0 radical (unpaired) electrons. The lowest BCUT2D eigenvalue weighted by Crippen LogP contribution is -2.36. The number of hydrogen-bond acceptors (Lipinski definition) is 4. The maximum absolute atomic E-state index is 11.7. The molecule has 2 rings (SSSR count). The quantitative estimate of drug-likeness (QED) is 0.850. The average molecular weight is 299 g/mol. The minimum Gasteiger partial charge on any atom is -0.363 e. The molecule has 6 heteroatoms. The summed E-state index contributed by atoms with van der Waals surface area (Å²) in [7, 11) is 3.88. The van der Waals surface area contributed by atoms with Crippen molar-refractivity contribution in [1.29, 1.82) is 0 Å². The van der Waals surface area contributed by atoms with Crippen molar-refractivity contribution in [3.05, 3.63) is 54.0 Å². The lowest BCUT2D eigenvalue weighted by molar-refractivity contribution is 0.240. The number of carbonyl (C=O) groups is 1. The van der Waals surface area contributed by atoms with Crippen molar-refractivity contribution in [3.63, 3.8) is 0 Å². The highest BCUT2D eigenvalue weighted by atomic mass is 16.2. The van der Waals surface area contributed by atoms with Crippen molar-refractivity contribution in [3.8, 4) is 0 Å². The Labute approximate surface area is 130 Å². The molecule has 0 unspecified atom stereocenters. The van der Waals surface area contributed by atoms with Gasteiger partial charge in [0.25, 0.3) is 0 Å². The maximum Gasteiger partial charge on any atom is 0.315 e. The molecule has 0 bridgehead atoms. The number of aromatic nitrogens is 2. The number of nitrogens with one attached hydrogen (secondary N) is 2. The fourth-order valence-corrected chi connectivity index (χ4v) is 1.90. The molecule has 0 spiro atoms. The van der Waals surface area contributed by atoms with Crippen LogP contribution in [-0.2, 0) is 13.0 Å². The van der Waals surface area contributed by atoms with Crippen LogP contribution in [0.2, 0.25) is 0 Å². The largest absolute Gasteiger partial charge is 0.363 e. The molecule has 6 nitrogen and oxygen atoms in total. The second-order valence-corrected chi connectivity index (χ2v) is 5.14. The summed E-state index contributed by atoms with van der Waals surface area (Å²) in [6.07, 6.45) is 6.07. The molecule has 0 aliphatic rings. The van der Waals surface area contributed by atoms with Crippen LogP contribution in [0, 0.1) is 0 Å². The van der Waals surface area contributed by atoms with Crippen LogP contribution in [0.15, 0.2) is 42.9 Å². The first-order chi connectivity index (χ1) is 10.6. The topological polar surface area (TPSA) is 70.2 Å². The highest BCUT2D eigenvalue weighted by molar-refractivity contribution is 5.73. The van der Waals surface area contributed by atoms with Crippen molar-refractivity contribution >= 4 is 11.8 Å². The molecular formula is C16H21N5O. The number of pyridine rings is 2. The van der Waals surface area contributed by atoms with E-state index in [2.05, 4.69) is 20.6 Å². The molecule has 2 N–H and O–H groups in total. The van der Waals surface area contributed by atoms with Gasteiger partial charge in [-0.15, -0.1) is 0 Å². The summed E-state index contributed by atoms with van der Waals surface area (Å²) in [5.74, 6) is 0.893. The zero-order valence-electron chi connectivity index (χ0n) is 12.9. The van der Waals surface area contributed by atoms with Gasteiger partial charge in [0, 0.05) is 45.8 Å². The number of rotatable bonds is 6. The third-order valence-electron chi connectivity index (χ3n) is 3.14. The molecule has 116 valence electrons. The smallest absolute Gasteiger partial charge is 0.315 e. The minimum absolute atomic E-state index is 0.180. The second-order valence-electron chi connectivity index (χ2n) is 5.14. The van der Waals surface area contributed by atoms with E-state index in [0.717, 1.165) is 23.4 Å². The average Bonchev–Trinajstić information content (AvgIpc) is 2.54. The Morgan fingerprint density at radius 2 is 2.00 bits per heavy atom. The Kier molecular flexibility index (Phi) is 5.71. The SMILES string of the molecule is CN(C)c1ccc(CNC(=O)NCCc2cccnc2)cn1. The van der Waals surface area contributed by atoms with E-state index in [9.17, 15) is 4.79 Å². The molecule has 0 saturated carbocycles. The predicted molar refractivity (Wildman–Crippen MR) is 86.7 cm³/mol. The van der Waals surface area contributed by atoms with Crippen LogP contribution in [0.5, 0.6) is 0 Å². The van der Waals surface area contributed by atoms with Crippen LogP contribution >= 0.6 is 0 Å². The Hall–Kier alpha value is -2.63. The van der Waals surface area contributed by atoms with Crippen LogP contribution in [0.1, 0.15) is 11.1 Å². The van der Waals surface area contributed by atoms with Crippen molar-refractivity contribution < 1.29 is 4.79 Å². The standard InChI is InChI=1S/C16H21N5O/c1-21(2)15-6-5-14(11-19-15)12-20-16(22)18-9-7-13-4-3-8-17-10-13/h3-6,8,10-11H,7,9,12H2,1-2H3,(H2,18,20,22). The third-order valence-corrected chi connectivity index (χ3v) is 3.14. The van der Waals surface area contributed by atoms with E-state index < -0.39 is 0 Å². The van der Waals surface area contributed by atoms with Crippen molar-refractivity contribution in [2.45, 2.75) is 13.0 Å². The second kappa shape index (κ2) is 7.97. The summed E-state index contributed by atoms with van der Waals surface area (Å²) < 4.78 is 0. The molecule has 0 saturated heterocycles. The molecule has 2 aromatic heterocycles. The van der Waals surface area contributed by atoms with E-state index in [1.54, 1.807) is 18.6 Å². The Balaban J connectivity index is 1.69. The number of urea groups is 1. The Morgan fingerprint density at radius 1 is 1.14 bits per heavy atom. The fourth-order valence-electron chi connectivity index (χ4n) is 1.90. The summed E-state index contributed by atoms with van der Waals surface area (Å²) >= 11 is 0. The fraction of sp³-hybridized carbons (Fsp3) is 0.312. The van der Waals surface area contributed by atoms with Crippen LogP contribution in [0.4, 0.5) is 10.6 Å². The molecule has 0 aliphatic carbocycles. The zero-order chi connectivity index (χ0) is 15.8. The monoisotopic (exact) mass is 299 g/mol. The van der Waals surface area contributed by atoms with E-state index in [4.69, 9.17) is 0 Å². The van der Waals surface area contributed by atoms with Crippen LogP contribution in [-0.4, -0.2) is 36.6 Å². The van der Waals surface area contributed by atoms with Gasteiger partial charge in [0.1, 0.15) is 5.82 Å². The molecule has 2 heterocycles. The number of amides is 2. The molecule has 0 aromatic carbocycles. The normalized spacial score (nSPS) is 10.1. The zero-order valence-corrected chi connectivity index (χ0v) is 12.9. The maximum atomic E-state index is 11.7. The highest BCUT2D eigenvalue weighted by Crippen LogP contribution is 2.07. The summed E-state index contributed by atoms with van der Waals surface area (Å²) in [5, 5.41) is 5.64. The van der Waals surface area contributed by atoms with Crippen molar-refractivity contribution in [2.75, 3.05) is 25.5 Å². The van der Waals surface area contributed by atoms with Crippen LogP contribution < -0.4 is 15.5 Å². The van der Waals surface area contributed by atoms with Gasteiger partial charge in [0.15, 0.2) is 0 Å². The van der Waals surface area contributed by atoms with Crippen LogP contribution in [0.25, 0.3) is 0 Å². The number of hydrogen-bond donors (Lipinski definition) is 2. The number of nitrogens with zero attached hydrogens (tertiary/aromatic N) is 3. The molecular weight excluding hydrogens is 278 g/mol. The molecule has 0 aliphatic heterocycles. The molecule has 2 aromatic rings. The summed E-state index contributed by atoms with van der Waals surface area (Å²) in [4.78, 5) is 22.0. The molecule has 22 heavy (non-hydrogen) atoms. The number of carbonyl (C=O) groups excluding carboxylic acids is 1.